The lowest BCUT2D eigenvalue weighted by Gasteiger charge is -2.24. The van der Waals surface area contributed by atoms with Crippen LogP contribution in [0.15, 0.2) is 31.5 Å². The highest BCUT2D eigenvalue weighted by Crippen LogP contribution is 2.47. The number of fused-ring (bicyclic) bond motifs is 3. The molecule has 0 aromatic carbocycles. The quantitative estimate of drug-likeness (QED) is 0.485. The lowest BCUT2D eigenvalue weighted by atomic mass is 10.2. The lowest BCUT2D eigenvalue weighted by Crippen LogP contribution is -2.37. The molecule has 1 unspecified atom stereocenters. The average Bonchev–Trinajstić information content (AvgIpc) is 3.46. The van der Waals surface area contributed by atoms with Gasteiger partial charge in [-0.1, -0.05) is 0 Å². The van der Waals surface area contributed by atoms with Gasteiger partial charge in [0, 0.05) is 31.8 Å². The van der Waals surface area contributed by atoms with Gasteiger partial charge in [0.25, 0.3) is 5.56 Å². The second kappa shape index (κ2) is 7.40. The van der Waals surface area contributed by atoms with Crippen molar-refractivity contribution in [2.24, 2.45) is 14.1 Å². The molecule has 4 aromatic heterocycles. The van der Waals surface area contributed by atoms with Crippen molar-refractivity contribution in [3.63, 3.8) is 0 Å². The summed E-state index contributed by atoms with van der Waals surface area (Å²) in [6, 6.07) is 3.51. The molecule has 5 heterocycles. The molecule has 0 aliphatic carbocycles. The van der Waals surface area contributed by atoms with Crippen molar-refractivity contribution in [3.8, 4) is 10.7 Å². The largest absolute Gasteiger partial charge is 0.448 e. The van der Waals surface area contributed by atoms with Crippen LogP contribution in [0.3, 0.4) is 0 Å². The Morgan fingerprint density at radius 1 is 1.29 bits per heavy atom. The van der Waals surface area contributed by atoms with E-state index in [1.54, 1.807) is 37.2 Å². The van der Waals surface area contributed by atoms with E-state index in [-0.39, 0.29) is 16.0 Å². The molecule has 0 radical (unpaired) electrons. The van der Waals surface area contributed by atoms with Gasteiger partial charge in [0.05, 0.1) is 34.1 Å². The minimum atomic E-state index is -0.715. The number of halogens is 1. The number of aromatic nitrogens is 4. The number of rotatable bonds is 3. The molecule has 5 rings (SSSR count). The maximum Gasteiger partial charge on any atom is 0.331 e. The normalized spacial score (nSPS) is 17.3. The maximum absolute atomic E-state index is 13.3. The molecule has 31 heavy (non-hydrogen) atoms. The Balaban J connectivity index is 1.92. The van der Waals surface area contributed by atoms with Gasteiger partial charge in [-0.3, -0.25) is 13.9 Å². The van der Waals surface area contributed by atoms with E-state index in [2.05, 4.69) is 9.55 Å². The van der Waals surface area contributed by atoms with E-state index in [9.17, 15) is 14.7 Å². The van der Waals surface area contributed by atoms with Crippen LogP contribution in [0.4, 0.5) is 0 Å². The first-order valence-corrected chi connectivity index (χ1v) is 11.9. The molecule has 0 saturated carbocycles. The monoisotopic (exact) mass is 478 g/mol. The summed E-state index contributed by atoms with van der Waals surface area (Å²) in [4.78, 5) is 30.7. The van der Waals surface area contributed by atoms with Crippen LogP contribution in [0.25, 0.3) is 21.6 Å². The zero-order valence-electron chi connectivity index (χ0n) is 17.0. The second-order valence-corrected chi connectivity index (χ2v) is 9.90. The predicted octanol–water partition coefficient (Wildman–Crippen LogP) is 3.30. The van der Waals surface area contributed by atoms with Crippen LogP contribution in [0.1, 0.15) is 35.4 Å². The molecule has 0 spiro atoms. The molecular formula is C20H19ClN4O4S2. The average molecular weight is 479 g/mol. The zero-order chi connectivity index (χ0) is 22.0. The highest BCUT2D eigenvalue weighted by molar-refractivity contribution is 7.99. The third kappa shape index (κ3) is 3.04. The van der Waals surface area contributed by atoms with Gasteiger partial charge in [-0.05, 0) is 30.7 Å². The third-order valence-corrected chi connectivity index (χ3v) is 7.83. The molecule has 162 valence electrons. The van der Waals surface area contributed by atoms with Crippen molar-refractivity contribution in [2.75, 3.05) is 5.75 Å². The summed E-state index contributed by atoms with van der Waals surface area (Å²) in [7, 11) is 3.15. The van der Waals surface area contributed by atoms with E-state index in [0.717, 1.165) is 16.0 Å². The maximum atomic E-state index is 13.3. The van der Waals surface area contributed by atoms with E-state index < -0.39 is 11.8 Å². The van der Waals surface area contributed by atoms with E-state index in [1.807, 2.05) is 6.07 Å². The molecular weight excluding hydrogens is 460 g/mol. The Hall–Kier alpha value is -2.27. The van der Waals surface area contributed by atoms with E-state index in [0.29, 0.717) is 39.6 Å². The molecule has 8 nitrogen and oxygen atoms in total. The summed E-state index contributed by atoms with van der Waals surface area (Å²) >= 11 is 9.08. The van der Waals surface area contributed by atoms with Crippen LogP contribution < -0.4 is 11.2 Å². The minimum absolute atomic E-state index is 0.230. The van der Waals surface area contributed by atoms with Gasteiger partial charge in [0.15, 0.2) is 5.22 Å². The van der Waals surface area contributed by atoms with E-state index >= 15 is 0 Å². The first-order valence-electron chi connectivity index (χ1n) is 9.62. The summed E-state index contributed by atoms with van der Waals surface area (Å²) in [6.45, 7) is 2.30. The smallest absolute Gasteiger partial charge is 0.331 e. The highest BCUT2D eigenvalue weighted by Gasteiger charge is 2.35. The predicted molar refractivity (Wildman–Crippen MR) is 122 cm³/mol. The lowest BCUT2D eigenvalue weighted by molar-refractivity contribution is 0.195. The van der Waals surface area contributed by atoms with Crippen LogP contribution >= 0.6 is 34.7 Å². The summed E-state index contributed by atoms with van der Waals surface area (Å²) in [5.41, 5.74) is 1.84. The highest BCUT2D eigenvalue weighted by atomic mass is 35.5. The van der Waals surface area contributed by atoms with Gasteiger partial charge in [-0.15, -0.1) is 23.1 Å². The van der Waals surface area contributed by atoms with Gasteiger partial charge >= 0.3 is 5.69 Å². The SMILES string of the molecule is C[C@H](O)c1csc(-c2c3c(=O)n(C)c(=O)n(C)c3c3n2CCSC3c2ccc(Cl)o2)n1. The van der Waals surface area contributed by atoms with Crippen LogP contribution in [0.5, 0.6) is 0 Å². The van der Waals surface area contributed by atoms with Crippen LogP contribution in [-0.4, -0.2) is 29.5 Å². The van der Waals surface area contributed by atoms with Crippen molar-refractivity contribution in [2.45, 2.75) is 24.8 Å². The second-order valence-electron chi connectivity index (χ2n) is 7.46. The van der Waals surface area contributed by atoms with Crippen LogP contribution in [0.2, 0.25) is 5.22 Å². The molecule has 1 aliphatic heterocycles. The Morgan fingerprint density at radius 3 is 2.71 bits per heavy atom. The summed E-state index contributed by atoms with van der Waals surface area (Å²) in [5, 5.41) is 12.9. The molecule has 4 aromatic rings. The molecule has 1 N–H and O–H groups in total. The number of aliphatic hydroxyl groups excluding tert-OH is 1. The third-order valence-electron chi connectivity index (χ3n) is 5.56. The number of hydrogen-bond donors (Lipinski definition) is 1. The van der Waals surface area contributed by atoms with Crippen molar-refractivity contribution >= 4 is 45.6 Å². The van der Waals surface area contributed by atoms with Crippen molar-refractivity contribution in [1.29, 1.82) is 0 Å². The molecule has 0 fully saturated rings. The number of thioether (sulfide) groups is 1. The number of hydrogen-bond acceptors (Lipinski definition) is 7. The van der Waals surface area contributed by atoms with Crippen LogP contribution in [0, 0.1) is 0 Å². The van der Waals surface area contributed by atoms with E-state index in [4.69, 9.17) is 16.0 Å². The van der Waals surface area contributed by atoms with Crippen molar-refractivity contribution in [1.82, 2.24) is 18.7 Å². The fourth-order valence-electron chi connectivity index (χ4n) is 4.07. The Bertz CT molecular complexity index is 1440. The topological polar surface area (TPSA) is 95.2 Å². The fourth-order valence-corrected chi connectivity index (χ4v) is 6.40. The molecule has 0 saturated heterocycles. The zero-order valence-corrected chi connectivity index (χ0v) is 19.3. The van der Waals surface area contributed by atoms with Crippen LogP contribution in [-0.2, 0) is 20.6 Å². The Morgan fingerprint density at radius 2 is 2.06 bits per heavy atom. The Kier molecular flexibility index (Phi) is 4.93. The molecule has 0 bridgehead atoms. The first kappa shape index (κ1) is 20.6. The van der Waals surface area contributed by atoms with Crippen molar-refractivity contribution < 1.29 is 9.52 Å². The van der Waals surface area contributed by atoms with Gasteiger partial charge < -0.3 is 14.1 Å². The number of aryl methyl sites for hydroxylation is 1. The number of thiazole rings is 1. The fraction of sp³-hybridized carbons (Fsp3) is 0.350. The van der Waals surface area contributed by atoms with Gasteiger partial charge in [-0.2, -0.15) is 0 Å². The Labute approximate surface area is 189 Å². The molecule has 2 atom stereocenters. The number of furan rings is 1. The summed E-state index contributed by atoms with van der Waals surface area (Å²) in [6.07, 6.45) is -0.715. The van der Waals surface area contributed by atoms with Gasteiger partial charge in [-0.25, -0.2) is 9.78 Å². The van der Waals surface area contributed by atoms with Gasteiger partial charge in [0.1, 0.15) is 16.0 Å². The van der Waals surface area contributed by atoms with Crippen molar-refractivity contribution in [3.05, 3.63) is 60.7 Å². The van der Waals surface area contributed by atoms with Gasteiger partial charge in [0.2, 0.25) is 0 Å². The standard InChI is InChI=1S/C20H19ClN4O4S2/c1-9(26)10-8-31-18(22-10)15-13-14(23(2)20(28)24(3)19(13)27)16-17(30-7-6-25(15)16)11-4-5-12(21)29-11/h4-5,8-9,17,26H,6-7H2,1-3H3/t9-,17?/m0/s1. The number of aliphatic hydroxyl groups is 1. The molecule has 1 aliphatic rings. The summed E-state index contributed by atoms with van der Waals surface area (Å²) < 4.78 is 10.4. The number of nitrogens with zero attached hydrogens (tertiary/aromatic N) is 4. The minimum Gasteiger partial charge on any atom is -0.448 e. The molecule has 11 heteroatoms. The summed E-state index contributed by atoms with van der Waals surface area (Å²) in [5.74, 6) is 1.45. The van der Waals surface area contributed by atoms with E-state index in [1.165, 1.54) is 23.0 Å². The first-order chi connectivity index (χ1) is 14.8. The molecule has 0 amide bonds.